The molecule has 4 rings (SSSR count). The molecular formula is C25H21Cl2N5O2S. The van der Waals surface area contributed by atoms with Gasteiger partial charge in [-0.1, -0.05) is 58.7 Å². The van der Waals surface area contributed by atoms with Crippen LogP contribution in [0.4, 0.5) is 0 Å². The molecule has 1 aromatic heterocycles. The first-order valence-corrected chi connectivity index (χ1v) is 12.3. The molecule has 0 fully saturated rings. The van der Waals surface area contributed by atoms with E-state index in [0.29, 0.717) is 26.6 Å². The second-order valence-corrected chi connectivity index (χ2v) is 9.24. The minimum Gasteiger partial charge on any atom is -0.497 e. The SMILES string of the molecule is COc1ccc(-c2nnc(SCC(=O)N/N=C\c3ccc(Cl)cc3Cl)n2-c2ccc(C)cc2)cc1. The summed E-state index contributed by atoms with van der Waals surface area (Å²) in [6, 6.07) is 20.6. The van der Waals surface area contributed by atoms with E-state index in [-0.39, 0.29) is 11.7 Å². The number of amides is 1. The van der Waals surface area contributed by atoms with Gasteiger partial charge >= 0.3 is 0 Å². The van der Waals surface area contributed by atoms with Gasteiger partial charge in [0.25, 0.3) is 5.91 Å². The average molecular weight is 526 g/mol. The largest absolute Gasteiger partial charge is 0.497 e. The molecule has 1 N–H and O–H groups in total. The predicted molar refractivity (Wildman–Crippen MR) is 141 cm³/mol. The minimum atomic E-state index is -0.291. The van der Waals surface area contributed by atoms with Crippen LogP contribution in [0.5, 0.6) is 5.75 Å². The van der Waals surface area contributed by atoms with Gasteiger partial charge in [-0.15, -0.1) is 10.2 Å². The summed E-state index contributed by atoms with van der Waals surface area (Å²) in [7, 11) is 1.62. The van der Waals surface area contributed by atoms with E-state index in [1.54, 1.807) is 25.3 Å². The van der Waals surface area contributed by atoms with Crippen LogP contribution in [-0.2, 0) is 4.79 Å². The van der Waals surface area contributed by atoms with E-state index >= 15 is 0 Å². The van der Waals surface area contributed by atoms with Crippen molar-refractivity contribution in [2.45, 2.75) is 12.1 Å². The standard InChI is InChI=1S/C25H21Cl2N5O2S/c1-16-3-9-20(10-4-16)32-24(17-6-11-21(34-2)12-7-17)30-31-25(32)35-15-23(33)29-28-14-18-5-8-19(26)13-22(18)27/h3-14H,15H2,1-2H3,(H,29,33)/b28-14-. The molecule has 10 heteroatoms. The Morgan fingerprint density at radius 1 is 1.09 bits per heavy atom. The third kappa shape index (κ3) is 6.22. The highest BCUT2D eigenvalue weighted by atomic mass is 35.5. The van der Waals surface area contributed by atoms with Crippen LogP contribution < -0.4 is 10.2 Å². The fraction of sp³-hybridized carbons (Fsp3) is 0.120. The summed E-state index contributed by atoms with van der Waals surface area (Å²) in [5.74, 6) is 1.22. The number of ether oxygens (including phenoxy) is 1. The van der Waals surface area contributed by atoms with Gasteiger partial charge in [0.1, 0.15) is 5.75 Å². The van der Waals surface area contributed by atoms with Crippen molar-refractivity contribution in [3.05, 3.63) is 87.9 Å². The Morgan fingerprint density at radius 3 is 2.51 bits per heavy atom. The Hall–Kier alpha value is -3.33. The lowest BCUT2D eigenvalue weighted by molar-refractivity contribution is -0.118. The Morgan fingerprint density at radius 2 is 1.83 bits per heavy atom. The van der Waals surface area contributed by atoms with Crippen molar-refractivity contribution < 1.29 is 9.53 Å². The number of carbonyl (C=O) groups excluding carboxylic acids is 1. The maximum atomic E-state index is 12.4. The first-order valence-electron chi connectivity index (χ1n) is 10.5. The van der Waals surface area contributed by atoms with Crippen LogP contribution in [0.1, 0.15) is 11.1 Å². The third-order valence-corrected chi connectivity index (χ3v) is 6.45. The molecule has 0 bridgehead atoms. The molecule has 35 heavy (non-hydrogen) atoms. The number of rotatable bonds is 8. The van der Waals surface area contributed by atoms with Gasteiger partial charge in [-0.05, 0) is 55.5 Å². The second kappa shape index (κ2) is 11.4. The van der Waals surface area contributed by atoms with Crippen LogP contribution in [0.25, 0.3) is 17.1 Å². The Labute approximate surface area is 217 Å². The van der Waals surface area contributed by atoms with E-state index in [0.717, 1.165) is 22.6 Å². The number of halogens is 2. The quantitative estimate of drug-likeness (QED) is 0.178. The summed E-state index contributed by atoms with van der Waals surface area (Å²) in [5.41, 5.74) is 6.06. The molecule has 0 aliphatic carbocycles. The molecule has 7 nitrogen and oxygen atoms in total. The van der Waals surface area contributed by atoms with E-state index in [1.165, 1.54) is 18.0 Å². The maximum absolute atomic E-state index is 12.4. The van der Waals surface area contributed by atoms with Crippen molar-refractivity contribution in [3.63, 3.8) is 0 Å². The Bertz CT molecular complexity index is 1360. The van der Waals surface area contributed by atoms with Crippen LogP contribution in [0.3, 0.4) is 0 Å². The maximum Gasteiger partial charge on any atom is 0.250 e. The summed E-state index contributed by atoms with van der Waals surface area (Å²) < 4.78 is 7.19. The van der Waals surface area contributed by atoms with Crippen molar-refractivity contribution in [2.24, 2.45) is 5.10 Å². The number of aryl methyl sites for hydroxylation is 1. The van der Waals surface area contributed by atoms with Crippen LogP contribution in [0, 0.1) is 6.92 Å². The Balaban J connectivity index is 1.51. The summed E-state index contributed by atoms with van der Waals surface area (Å²) in [4.78, 5) is 12.4. The first-order chi connectivity index (χ1) is 16.9. The number of nitrogens with one attached hydrogen (secondary N) is 1. The molecule has 0 unspecified atom stereocenters. The number of benzene rings is 3. The molecule has 0 atom stereocenters. The molecule has 178 valence electrons. The van der Waals surface area contributed by atoms with Crippen molar-refractivity contribution in [2.75, 3.05) is 12.9 Å². The van der Waals surface area contributed by atoms with Crippen molar-refractivity contribution in [1.82, 2.24) is 20.2 Å². The normalized spacial score (nSPS) is 11.1. The van der Waals surface area contributed by atoms with Gasteiger partial charge in [0.05, 0.1) is 24.1 Å². The van der Waals surface area contributed by atoms with Crippen LogP contribution in [-0.4, -0.2) is 39.7 Å². The second-order valence-electron chi connectivity index (χ2n) is 7.45. The van der Waals surface area contributed by atoms with Crippen LogP contribution in [0.15, 0.2) is 77.0 Å². The zero-order chi connectivity index (χ0) is 24.8. The number of nitrogens with zero attached hydrogens (tertiary/aromatic N) is 4. The number of hydrazone groups is 1. The lowest BCUT2D eigenvalue weighted by Gasteiger charge is -2.11. The highest BCUT2D eigenvalue weighted by molar-refractivity contribution is 7.99. The van der Waals surface area contributed by atoms with E-state index in [9.17, 15) is 4.79 Å². The number of aromatic nitrogens is 3. The summed E-state index contributed by atoms with van der Waals surface area (Å²) >= 11 is 13.3. The molecule has 0 saturated carbocycles. The molecule has 4 aromatic rings. The Kier molecular flexibility index (Phi) is 8.07. The number of methoxy groups -OCH3 is 1. The minimum absolute atomic E-state index is 0.0955. The van der Waals surface area contributed by atoms with Crippen molar-refractivity contribution in [3.8, 4) is 22.8 Å². The van der Waals surface area contributed by atoms with E-state index in [2.05, 4.69) is 20.7 Å². The summed E-state index contributed by atoms with van der Waals surface area (Å²) in [6.45, 7) is 2.03. The molecule has 0 aliphatic heterocycles. The van der Waals surface area contributed by atoms with Gasteiger partial charge in [-0.3, -0.25) is 9.36 Å². The molecular weight excluding hydrogens is 505 g/mol. The van der Waals surface area contributed by atoms with Gasteiger partial charge in [0.15, 0.2) is 11.0 Å². The van der Waals surface area contributed by atoms with Gasteiger partial charge in [-0.2, -0.15) is 5.10 Å². The smallest absolute Gasteiger partial charge is 0.250 e. The number of hydrogen-bond donors (Lipinski definition) is 1. The van der Waals surface area contributed by atoms with E-state index < -0.39 is 0 Å². The lowest BCUT2D eigenvalue weighted by Crippen LogP contribution is -2.20. The monoisotopic (exact) mass is 525 g/mol. The van der Waals surface area contributed by atoms with Gasteiger partial charge in [0.2, 0.25) is 0 Å². The number of thioether (sulfide) groups is 1. The average Bonchev–Trinajstić information content (AvgIpc) is 3.28. The molecule has 0 spiro atoms. The lowest BCUT2D eigenvalue weighted by atomic mass is 10.2. The molecule has 1 amide bonds. The number of carbonyl (C=O) groups is 1. The highest BCUT2D eigenvalue weighted by Crippen LogP contribution is 2.29. The topological polar surface area (TPSA) is 81.4 Å². The van der Waals surface area contributed by atoms with Gasteiger partial charge < -0.3 is 4.74 Å². The van der Waals surface area contributed by atoms with Crippen molar-refractivity contribution >= 4 is 47.1 Å². The van der Waals surface area contributed by atoms with Gasteiger partial charge in [0, 0.05) is 21.8 Å². The van der Waals surface area contributed by atoms with Crippen molar-refractivity contribution in [1.29, 1.82) is 0 Å². The zero-order valence-corrected chi connectivity index (χ0v) is 21.2. The summed E-state index contributed by atoms with van der Waals surface area (Å²) in [6.07, 6.45) is 1.47. The number of hydrogen-bond acceptors (Lipinski definition) is 6. The predicted octanol–water partition coefficient (Wildman–Crippen LogP) is 5.80. The molecule has 0 aliphatic rings. The van der Waals surface area contributed by atoms with Crippen LogP contribution >= 0.6 is 35.0 Å². The van der Waals surface area contributed by atoms with Crippen LogP contribution in [0.2, 0.25) is 10.0 Å². The van der Waals surface area contributed by atoms with E-state index in [1.807, 2.05) is 60.0 Å². The molecule has 0 saturated heterocycles. The molecule has 3 aromatic carbocycles. The highest BCUT2D eigenvalue weighted by Gasteiger charge is 2.17. The molecule has 1 heterocycles. The van der Waals surface area contributed by atoms with Gasteiger partial charge in [-0.25, -0.2) is 5.43 Å². The molecule has 0 radical (unpaired) electrons. The van der Waals surface area contributed by atoms with E-state index in [4.69, 9.17) is 27.9 Å². The fourth-order valence-electron chi connectivity index (χ4n) is 3.16. The first kappa shape index (κ1) is 24.8. The third-order valence-electron chi connectivity index (χ3n) is 4.96. The zero-order valence-electron chi connectivity index (χ0n) is 18.9. The fourth-order valence-corrected chi connectivity index (χ4v) is 4.36. The summed E-state index contributed by atoms with van der Waals surface area (Å²) in [5, 5.41) is 14.3.